The van der Waals surface area contributed by atoms with Crippen LogP contribution in [0.25, 0.3) is 0 Å². The van der Waals surface area contributed by atoms with E-state index in [0.717, 1.165) is 5.56 Å². The minimum Gasteiger partial charge on any atom is -0.393 e. The summed E-state index contributed by atoms with van der Waals surface area (Å²) in [5, 5.41) is 18.9. The van der Waals surface area contributed by atoms with E-state index in [1.165, 1.54) is 0 Å². The lowest BCUT2D eigenvalue weighted by atomic mass is 9.90. The van der Waals surface area contributed by atoms with E-state index in [9.17, 15) is 14.7 Å². The summed E-state index contributed by atoms with van der Waals surface area (Å²) in [5.74, 6) is -1.89. The number of primary amides is 1. The summed E-state index contributed by atoms with van der Waals surface area (Å²) in [6, 6.07) is 3.75. The molecule has 1 rings (SSSR count). The first-order valence-electron chi connectivity index (χ1n) is 7.74. The van der Waals surface area contributed by atoms with Gasteiger partial charge in [-0.2, -0.15) is 0 Å². The SMILES string of the molecule is CC(CCC(CC(O)CCc1cccnc1)C(=O)NO)C(N)=O. The number of rotatable bonds is 10. The number of carbonyl (C=O) groups excluding carboxylic acids is 2. The number of aromatic nitrogens is 1. The van der Waals surface area contributed by atoms with Crippen LogP contribution >= 0.6 is 0 Å². The van der Waals surface area contributed by atoms with Crippen LogP contribution in [0.4, 0.5) is 0 Å². The largest absolute Gasteiger partial charge is 0.393 e. The molecule has 1 heterocycles. The first-order valence-corrected chi connectivity index (χ1v) is 7.74. The molecule has 0 fully saturated rings. The van der Waals surface area contributed by atoms with Crippen molar-refractivity contribution in [3.8, 4) is 0 Å². The molecule has 3 atom stereocenters. The smallest absolute Gasteiger partial charge is 0.246 e. The molecule has 0 aromatic carbocycles. The lowest BCUT2D eigenvalue weighted by Gasteiger charge is -2.19. The van der Waals surface area contributed by atoms with Crippen molar-refractivity contribution in [2.24, 2.45) is 17.6 Å². The number of pyridine rings is 1. The summed E-state index contributed by atoms with van der Waals surface area (Å²) in [6.07, 6.45) is 4.91. The number of hydrogen-bond donors (Lipinski definition) is 4. The molecule has 128 valence electrons. The molecular weight excluding hydrogens is 298 g/mol. The van der Waals surface area contributed by atoms with Gasteiger partial charge in [-0.25, -0.2) is 5.48 Å². The molecule has 0 saturated heterocycles. The molecule has 0 aliphatic heterocycles. The van der Waals surface area contributed by atoms with Crippen molar-refractivity contribution < 1.29 is 19.9 Å². The molecule has 2 amide bonds. The lowest BCUT2D eigenvalue weighted by molar-refractivity contribution is -0.135. The van der Waals surface area contributed by atoms with E-state index < -0.39 is 23.8 Å². The van der Waals surface area contributed by atoms with Crippen molar-refractivity contribution in [2.45, 2.75) is 45.1 Å². The van der Waals surface area contributed by atoms with Crippen LogP contribution in [0.1, 0.15) is 38.2 Å². The van der Waals surface area contributed by atoms with Gasteiger partial charge in [-0.05, 0) is 43.7 Å². The van der Waals surface area contributed by atoms with E-state index in [1.54, 1.807) is 24.8 Å². The molecule has 0 saturated carbocycles. The maximum Gasteiger partial charge on any atom is 0.246 e. The first kappa shape index (κ1) is 19.1. The second-order valence-corrected chi connectivity index (χ2v) is 5.84. The van der Waals surface area contributed by atoms with Gasteiger partial charge in [0.15, 0.2) is 0 Å². The van der Waals surface area contributed by atoms with E-state index in [1.807, 2.05) is 12.1 Å². The van der Waals surface area contributed by atoms with Crippen LogP contribution in [0, 0.1) is 11.8 Å². The average Bonchev–Trinajstić information content (AvgIpc) is 2.56. The van der Waals surface area contributed by atoms with Gasteiger partial charge >= 0.3 is 0 Å². The van der Waals surface area contributed by atoms with Gasteiger partial charge in [-0.15, -0.1) is 0 Å². The van der Waals surface area contributed by atoms with Crippen molar-refractivity contribution in [1.82, 2.24) is 10.5 Å². The second-order valence-electron chi connectivity index (χ2n) is 5.84. The number of nitrogens with one attached hydrogen (secondary N) is 1. The Balaban J connectivity index is 2.48. The van der Waals surface area contributed by atoms with E-state index in [0.29, 0.717) is 25.7 Å². The number of hydroxylamine groups is 1. The molecule has 0 spiro atoms. The van der Waals surface area contributed by atoms with E-state index in [2.05, 4.69) is 4.98 Å². The van der Waals surface area contributed by atoms with Crippen molar-refractivity contribution in [2.75, 3.05) is 0 Å². The summed E-state index contributed by atoms with van der Waals surface area (Å²) in [6.45, 7) is 1.69. The number of nitrogens with two attached hydrogens (primary N) is 1. The molecule has 1 aromatic rings. The van der Waals surface area contributed by atoms with Crippen molar-refractivity contribution in [3.63, 3.8) is 0 Å². The fourth-order valence-electron chi connectivity index (χ4n) is 2.37. The Morgan fingerprint density at radius 1 is 1.35 bits per heavy atom. The van der Waals surface area contributed by atoms with Crippen molar-refractivity contribution in [3.05, 3.63) is 30.1 Å². The van der Waals surface area contributed by atoms with Crippen molar-refractivity contribution in [1.29, 1.82) is 0 Å². The maximum atomic E-state index is 11.7. The Hall–Kier alpha value is -1.99. The Morgan fingerprint density at radius 3 is 2.65 bits per heavy atom. The van der Waals surface area contributed by atoms with Gasteiger partial charge in [0, 0.05) is 24.2 Å². The first-order chi connectivity index (χ1) is 10.9. The van der Waals surface area contributed by atoms with Crippen LogP contribution in [0.5, 0.6) is 0 Å². The van der Waals surface area contributed by atoms with Gasteiger partial charge in [-0.1, -0.05) is 13.0 Å². The van der Waals surface area contributed by atoms with Crippen molar-refractivity contribution >= 4 is 11.8 Å². The summed E-state index contributed by atoms with van der Waals surface area (Å²) in [7, 11) is 0. The van der Waals surface area contributed by atoms with Gasteiger partial charge in [0.1, 0.15) is 0 Å². The Bertz CT molecular complexity index is 495. The van der Waals surface area contributed by atoms with Crippen LogP contribution < -0.4 is 11.2 Å². The average molecular weight is 323 g/mol. The zero-order valence-corrected chi connectivity index (χ0v) is 13.3. The van der Waals surface area contributed by atoms with Gasteiger partial charge in [0.2, 0.25) is 11.8 Å². The highest BCUT2D eigenvalue weighted by atomic mass is 16.5. The Labute approximate surface area is 135 Å². The lowest BCUT2D eigenvalue weighted by Crippen LogP contribution is -2.32. The molecule has 0 aliphatic rings. The molecule has 0 aliphatic carbocycles. The number of amides is 2. The van der Waals surface area contributed by atoms with E-state index in [4.69, 9.17) is 10.9 Å². The summed E-state index contributed by atoms with van der Waals surface area (Å²) >= 11 is 0. The number of aliphatic hydroxyl groups excluding tert-OH is 1. The molecule has 0 radical (unpaired) electrons. The van der Waals surface area contributed by atoms with Gasteiger partial charge < -0.3 is 10.8 Å². The van der Waals surface area contributed by atoms with Crippen LogP contribution in [0.15, 0.2) is 24.5 Å². The van der Waals surface area contributed by atoms with Gasteiger partial charge in [0.25, 0.3) is 0 Å². The van der Waals surface area contributed by atoms with Crippen LogP contribution in [0.2, 0.25) is 0 Å². The van der Waals surface area contributed by atoms with E-state index in [-0.39, 0.29) is 12.3 Å². The third kappa shape index (κ3) is 7.21. The fourth-order valence-corrected chi connectivity index (χ4v) is 2.37. The molecule has 3 unspecified atom stereocenters. The minimum absolute atomic E-state index is 0.220. The molecule has 5 N–H and O–H groups in total. The fraction of sp³-hybridized carbons (Fsp3) is 0.562. The maximum absolute atomic E-state index is 11.7. The van der Waals surface area contributed by atoms with Crippen LogP contribution in [-0.2, 0) is 16.0 Å². The third-order valence-corrected chi connectivity index (χ3v) is 3.96. The second kappa shape index (κ2) is 9.91. The van der Waals surface area contributed by atoms with Gasteiger partial charge in [-0.3, -0.25) is 19.8 Å². The predicted molar refractivity (Wildman–Crippen MR) is 84.2 cm³/mol. The van der Waals surface area contributed by atoms with E-state index >= 15 is 0 Å². The molecule has 7 nitrogen and oxygen atoms in total. The highest BCUT2D eigenvalue weighted by molar-refractivity contribution is 5.78. The Morgan fingerprint density at radius 2 is 2.09 bits per heavy atom. The normalized spacial score (nSPS) is 14.7. The van der Waals surface area contributed by atoms with Crippen LogP contribution in [-0.4, -0.2) is 33.2 Å². The van der Waals surface area contributed by atoms with Crippen LogP contribution in [0.3, 0.4) is 0 Å². The van der Waals surface area contributed by atoms with Gasteiger partial charge in [0.05, 0.1) is 6.10 Å². The Kier molecular flexibility index (Phi) is 8.21. The minimum atomic E-state index is -0.679. The summed E-state index contributed by atoms with van der Waals surface area (Å²) < 4.78 is 0. The highest BCUT2D eigenvalue weighted by Crippen LogP contribution is 2.20. The monoisotopic (exact) mass is 323 g/mol. The summed E-state index contributed by atoms with van der Waals surface area (Å²) in [5.41, 5.74) is 7.83. The highest BCUT2D eigenvalue weighted by Gasteiger charge is 2.23. The number of aryl methyl sites for hydroxylation is 1. The predicted octanol–water partition coefficient (Wildman–Crippen LogP) is 0.788. The topological polar surface area (TPSA) is 126 Å². The standard InChI is InChI=1S/C16H25N3O4/c1-11(15(17)21)4-6-13(16(22)19-23)9-14(20)7-5-12-3-2-8-18-10-12/h2-3,8,10-11,13-14,20,23H,4-7,9H2,1H3,(H2,17,21)(H,19,22). The molecule has 23 heavy (non-hydrogen) atoms. The summed E-state index contributed by atoms with van der Waals surface area (Å²) in [4.78, 5) is 26.8. The number of hydrogen-bond acceptors (Lipinski definition) is 5. The number of aliphatic hydroxyl groups is 1. The molecule has 7 heteroatoms. The molecule has 0 bridgehead atoms. The number of nitrogens with zero attached hydrogens (tertiary/aromatic N) is 1. The quantitative estimate of drug-likeness (QED) is 0.374. The molecule has 1 aromatic heterocycles. The number of carbonyl (C=O) groups is 2. The molecular formula is C16H25N3O4. The zero-order valence-electron chi connectivity index (χ0n) is 13.3. The zero-order chi connectivity index (χ0) is 17.2. The third-order valence-electron chi connectivity index (χ3n) is 3.96.